The molecule has 0 atom stereocenters. The van der Waals surface area contributed by atoms with Crippen LogP contribution in [0.5, 0.6) is 0 Å². The summed E-state index contributed by atoms with van der Waals surface area (Å²) in [4.78, 5) is 10.9. The number of anilines is 1. The Morgan fingerprint density at radius 3 is 2.53 bits per heavy atom. The lowest BCUT2D eigenvalue weighted by Crippen LogP contribution is -2.28. The lowest BCUT2D eigenvalue weighted by molar-refractivity contribution is 0.360. The van der Waals surface area contributed by atoms with Gasteiger partial charge in [-0.1, -0.05) is 20.8 Å². The van der Waals surface area contributed by atoms with Gasteiger partial charge in [0.2, 0.25) is 0 Å². The second-order valence-corrected chi connectivity index (χ2v) is 7.43. The van der Waals surface area contributed by atoms with Gasteiger partial charge in [0, 0.05) is 36.5 Å². The fourth-order valence-electron chi connectivity index (χ4n) is 2.44. The number of nitrogens with two attached hydrogens (primary N) is 1. The summed E-state index contributed by atoms with van der Waals surface area (Å²) >= 11 is 1.77. The number of hydrogen-bond acceptors (Lipinski definition) is 5. The van der Waals surface area contributed by atoms with Crippen LogP contribution in [0, 0.1) is 0 Å². The van der Waals surface area contributed by atoms with Crippen molar-refractivity contribution >= 4 is 16.5 Å². The molecule has 0 unspecified atom stereocenters. The second-order valence-electron chi connectivity index (χ2n) is 6.37. The van der Waals surface area contributed by atoms with Gasteiger partial charge < -0.3 is 15.5 Å². The van der Waals surface area contributed by atoms with E-state index in [1.165, 1.54) is 23.5 Å². The summed E-state index contributed by atoms with van der Waals surface area (Å²) in [6.45, 7) is 11.7. The summed E-state index contributed by atoms with van der Waals surface area (Å²) in [6.07, 6.45) is 1.21. The van der Waals surface area contributed by atoms with Crippen LogP contribution in [0.3, 0.4) is 0 Å². The van der Waals surface area contributed by atoms with Gasteiger partial charge in [0.05, 0.1) is 5.69 Å². The third-order valence-electron chi connectivity index (χ3n) is 3.57. The Morgan fingerprint density at radius 2 is 1.95 bits per heavy atom. The van der Waals surface area contributed by atoms with Crippen LogP contribution in [0.15, 0.2) is 0 Å². The van der Waals surface area contributed by atoms with Crippen molar-refractivity contribution in [2.45, 2.75) is 39.2 Å². The summed E-state index contributed by atoms with van der Waals surface area (Å²) in [5.74, 6) is 0. The molecule has 1 aliphatic rings. The SMILES string of the molecule is CN1CCCN(c2nc(C(C)(C)C)c(CN)s2)CC1. The lowest BCUT2D eigenvalue weighted by atomic mass is 9.91. The molecular weight excluding hydrogens is 256 g/mol. The van der Waals surface area contributed by atoms with Gasteiger partial charge in [-0.25, -0.2) is 4.98 Å². The highest BCUT2D eigenvalue weighted by Crippen LogP contribution is 2.33. The van der Waals surface area contributed by atoms with Crippen LogP contribution in [0.2, 0.25) is 0 Å². The van der Waals surface area contributed by atoms with Crippen molar-refractivity contribution in [3.8, 4) is 0 Å². The normalized spacial score (nSPS) is 18.7. The van der Waals surface area contributed by atoms with Crippen LogP contribution in [0.25, 0.3) is 0 Å². The van der Waals surface area contributed by atoms with Crippen LogP contribution in [-0.2, 0) is 12.0 Å². The lowest BCUT2D eigenvalue weighted by Gasteiger charge is -2.20. The van der Waals surface area contributed by atoms with Gasteiger partial charge in [0.15, 0.2) is 5.13 Å². The zero-order valence-corrected chi connectivity index (χ0v) is 13.4. The third kappa shape index (κ3) is 3.46. The number of aromatic nitrogens is 1. The van der Waals surface area contributed by atoms with Gasteiger partial charge in [0.25, 0.3) is 0 Å². The summed E-state index contributed by atoms with van der Waals surface area (Å²) < 4.78 is 0. The number of likely N-dealkylation sites (N-methyl/N-ethyl adjacent to an activating group) is 1. The number of rotatable bonds is 2. The molecule has 4 nitrogen and oxygen atoms in total. The fourth-order valence-corrected chi connectivity index (χ4v) is 3.64. The molecule has 0 radical (unpaired) electrons. The van der Waals surface area contributed by atoms with E-state index < -0.39 is 0 Å². The molecule has 108 valence electrons. The molecule has 1 fully saturated rings. The van der Waals surface area contributed by atoms with E-state index in [9.17, 15) is 0 Å². The Labute approximate surface area is 120 Å². The van der Waals surface area contributed by atoms with Gasteiger partial charge in [-0.3, -0.25) is 0 Å². The summed E-state index contributed by atoms with van der Waals surface area (Å²) in [5, 5.41) is 1.15. The minimum absolute atomic E-state index is 0.0755. The standard InChI is InChI=1S/C14H26N4S/c1-14(2,3)12-11(10-15)19-13(16-12)18-7-5-6-17(4)8-9-18/h5-10,15H2,1-4H3. The van der Waals surface area contributed by atoms with E-state index in [-0.39, 0.29) is 5.41 Å². The van der Waals surface area contributed by atoms with E-state index in [1.807, 2.05) is 0 Å². The molecule has 0 bridgehead atoms. The highest BCUT2D eigenvalue weighted by molar-refractivity contribution is 7.15. The molecule has 2 rings (SSSR count). The minimum Gasteiger partial charge on any atom is -0.347 e. The maximum Gasteiger partial charge on any atom is 0.185 e. The van der Waals surface area contributed by atoms with E-state index in [4.69, 9.17) is 10.7 Å². The van der Waals surface area contributed by atoms with E-state index in [0.29, 0.717) is 6.54 Å². The quantitative estimate of drug-likeness (QED) is 0.901. The first-order chi connectivity index (χ1) is 8.91. The van der Waals surface area contributed by atoms with Crippen LogP contribution < -0.4 is 10.6 Å². The molecule has 0 saturated carbocycles. The van der Waals surface area contributed by atoms with E-state index in [1.54, 1.807) is 11.3 Å². The molecule has 2 heterocycles. The molecule has 5 heteroatoms. The average molecular weight is 282 g/mol. The first-order valence-electron chi connectivity index (χ1n) is 7.05. The van der Waals surface area contributed by atoms with Crippen molar-refractivity contribution in [1.29, 1.82) is 0 Å². The Kier molecular flexibility index (Phi) is 4.48. The van der Waals surface area contributed by atoms with Crippen molar-refractivity contribution in [2.75, 3.05) is 38.1 Å². The number of nitrogens with zero attached hydrogens (tertiary/aromatic N) is 3. The Bertz CT molecular complexity index is 422. The van der Waals surface area contributed by atoms with Crippen LogP contribution in [0.1, 0.15) is 37.8 Å². The maximum absolute atomic E-state index is 5.89. The van der Waals surface area contributed by atoms with Gasteiger partial charge in [-0.15, -0.1) is 11.3 Å². The average Bonchev–Trinajstić information content (AvgIpc) is 2.66. The first kappa shape index (κ1) is 14.8. The van der Waals surface area contributed by atoms with Gasteiger partial charge in [-0.05, 0) is 20.0 Å². The van der Waals surface area contributed by atoms with Gasteiger partial charge >= 0.3 is 0 Å². The van der Waals surface area contributed by atoms with Gasteiger partial charge in [0.1, 0.15) is 0 Å². The molecule has 1 saturated heterocycles. The summed E-state index contributed by atoms with van der Waals surface area (Å²) in [7, 11) is 2.19. The third-order valence-corrected chi connectivity index (χ3v) is 4.71. The van der Waals surface area contributed by atoms with Crippen molar-refractivity contribution in [1.82, 2.24) is 9.88 Å². The summed E-state index contributed by atoms with van der Waals surface area (Å²) in [5.41, 5.74) is 7.14. The molecule has 0 amide bonds. The highest BCUT2D eigenvalue weighted by Gasteiger charge is 2.25. The van der Waals surface area contributed by atoms with Crippen molar-refractivity contribution in [3.05, 3.63) is 10.6 Å². The summed E-state index contributed by atoms with van der Waals surface area (Å²) in [6, 6.07) is 0. The molecule has 0 aromatic carbocycles. The topological polar surface area (TPSA) is 45.4 Å². The molecule has 1 aromatic heterocycles. The molecule has 0 spiro atoms. The van der Waals surface area contributed by atoms with Crippen LogP contribution in [-0.4, -0.2) is 43.1 Å². The zero-order valence-electron chi connectivity index (χ0n) is 12.6. The predicted molar refractivity (Wildman–Crippen MR) is 83.0 cm³/mol. The smallest absolute Gasteiger partial charge is 0.185 e. The van der Waals surface area contributed by atoms with Gasteiger partial charge in [-0.2, -0.15) is 0 Å². The van der Waals surface area contributed by atoms with E-state index in [0.717, 1.165) is 24.8 Å². The predicted octanol–water partition coefficient (Wildman–Crippen LogP) is 2.04. The number of hydrogen-bond donors (Lipinski definition) is 1. The molecular formula is C14H26N4S. The number of thiazole rings is 1. The second kappa shape index (κ2) is 5.77. The maximum atomic E-state index is 5.89. The molecule has 1 aliphatic heterocycles. The van der Waals surface area contributed by atoms with E-state index in [2.05, 4.69) is 37.6 Å². The largest absolute Gasteiger partial charge is 0.347 e. The molecule has 1 aromatic rings. The Morgan fingerprint density at radius 1 is 1.21 bits per heavy atom. The monoisotopic (exact) mass is 282 g/mol. The van der Waals surface area contributed by atoms with Crippen LogP contribution >= 0.6 is 11.3 Å². The Hall–Kier alpha value is -0.650. The minimum atomic E-state index is 0.0755. The van der Waals surface area contributed by atoms with Crippen molar-refractivity contribution in [2.24, 2.45) is 5.73 Å². The zero-order chi connectivity index (χ0) is 14.0. The van der Waals surface area contributed by atoms with Crippen LogP contribution in [0.4, 0.5) is 5.13 Å². The van der Waals surface area contributed by atoms with E-state index >= 15 is 0 Å². The van der Waals surface area contributed by atoms with Crippen molar-refractivity contribution < 1.29 is 0 Å². The Balaban J connectivity index is 2.23. The molecule has 2 N–H and O–H groups in total. The van der Waals surface area contributed by atoms with Crippen molar-refractivity contribution in [3.63, 3.8) is 0 Å². The highest BCUT2D eigenvalue weighted by atomic mass is 32.1. The molecule has 0 aliphatic carbocycles. The molecule has 19 heavy (non-hydrogen) atoms. The first-order valence-corrected chi connectivity index (χ1v) is 7.87. The fraction of sp³-hybridized carbons (Fsp3) is 0.786.